The number of nitrogens with two attached hydrogens (primary N) is 6. The first kappa shape index (κ1) is 108. The van der Waals surface area contributed by atoms with E-state index < -0.39 is 6.67 Å². The summed E-state index contributed by atoms with van der Waals surface area (Å²) >= 11 is 14.7. The molecular weight excluding hydrogens is 1840 g/mol. The normalized spacial score (nSPS) is 10.1. The Hall–Kier alpha value is -12.1. The van der Waals surface area contributed by atoms with Crippen LogP contribution in [-0.4, -0.2) is 131 Å². The number of anilines is 6. The number of aromatic hydroxyl groups is 1. The van der Waals surface area contributed by atoms with Crippen molar-refractivity contribution in [2.75, 3.05) is 131 Å². The molecule has 0 bridgehead atoms. The molecule has 0 atom stereocenters. The van der Waals surface area contributed by atoms with Gasteiger partial charge in [-0.05, 0) is 217 Å². The van der Waals surface area contributed by atoms with E-state index in [0.29, 0.717) is 93.0 Å². The summed E-state index contributed by atoms with van der Waals surface area (Å²) in [7, 11) is 14.5. The van der Waals surface area contributed by atoms with Crippen LogP contribution in [0.15, 0.2) is 313 Å². The average molecular weight is 1950 g/mol. The summed E-state index contributed by atoms with van der Waals surface area (Å²) in [5.41, 5.74) is 43.1. The number of carbonyl (C=O) groups is 5. The van der Waals surface area contributed by atoms with Crippen molar-refractivity contribution in [3.63, 3.8) is 0 Å². The fourth-order valence-corrected chi connectivity index (χ4v) is 16.0. The minimum Gasteiger partial charge on any atom is -0.508 e. The summed E-state index contributed by atoms with van der Waals surface area (Å²) < 4.78 is 62.4. The highest BCUT2D eigenvalue weighted by atomic mass is 79.9. The van der Waals surface area contributed by atoms with E-state index in [-0.39, 0.29) is 55.2 Å². The lowest BCUT2D eigenvalue weighted by Gasteiger charge is -2.13. The van der Waals surface area contributed by atoms with Crippen LogP contribution in [0, 0.1) is 0 Å². The number of benzene rings is 12. The molecule has 130 heavy (non-hydrogen) atoms. The number of ether oxygens (including phenoxy) is 5. The van der Waals surface area contributed by atoms with Crippen LogP contribution in [0.2, 0.25) is 0 Å². The summed E-state index contributed by atoms with van der Waals surface area (Å²) in [5.74, 6) is 2.44. The Morgan fingerprint density at radius 2 is 0.623 bits per heavy atom. The van der Waals surface area contributed by atoms with Crippen molar-refractivity contribution in [2.45, 2.75) is 93.0 Å². The second-order valence-electron chi connectivity index (χ2n) is 26.7. The number of halogens is 4. The molecule has 0 fully saturated rings. The molecule has 690 valence electrons. The molecule has 0 aliphatic rings. The van der Waals surface area contributed by atoms with Crippen LogP contribution < -0.4 is 90.0 Å². The molecule has 0 saturated carbocycles. The molecule has 0 saturated heterocycles. The molecule has 19 N–H and O–H groups in total. The highest BCUT2D eigenvalue weighted by Crippen LogP contribution is 2.41. The van der Waals surface area contributed by atoms with Gasteiger partial charge in [-0.1, -0.05) is 145 Å². The van der Waals surface area contributed by atoms with Crippen LogP contribution in [0.4, 0.5) is 47.3 Å². The van der Waals surface area contributed by atoms with E-state index in [0.717, 1.165) is 100 Å². The number of amides is 5. The van der Waals surface area contributed by atoms with E-state index >= 15 is 0 Å². The van der Waals surface area contributed by atoms with Crippen LogP contribution in [0.5, 0.6) is 34.5 Å². The molecule has 0 unspecified atom stereocenters. The van der Waals surface area contributed by atoms with Gasteiger partial charge >= 0.3 is 0 Å². The average Bonchev–Trinajstić information content (AvgIpc) is 0.833. The van der Waals surface area contributed by atoms with Gasteiger partial charge in [-0.3, -0.25) is 37.1 Å². The lowest BCUT2D eigenvalue weighted by molar-refractivity contribution is 0.0952. The van der Waals surface area contributed by atoms with Crippen molar-refractivity contribution in [2.24, 2.45) is 0 Å². The maximum atomic E-state index is 12.1. The van der Waals surface area contributed by atoms with Crippen molar-refractivity contribution in [3.05, 3.63) is 293 Å². The van der Waals surface area contributed by atoms with Crippen molar-refractivity contribution in [1.29, 1.82) is 0 Å². The molecule has 5 amide bonds. The zero-order valence-electron chi connectivity index (χ0n) is 73.8. The molecule has 12 rings (SSSR count). The molecule has 12 aromatic rings. The minimum absolute atomic E-state index is 0.0592. The van der Waals surface area contributed by atoms with Crippen LogP contribution in [-0.2, 0) is 6.54 Å². The number of hydrogen-bond donors (Lipinski definition) is 14. The SMILES string of the molecule is CCCCF.CNC(=O)c1cc(O)ccc1Sc1ccccc1N.CNC(=O)c1cc(OC)ccc1Br.CNC(=O)c1cc(OC)ccc1Sc1ccccc1N.CNC(=O)c1cc(OC)ccc1Sc1ccccc1N.CNC(=O)c1cc(OCCCF)ccc1Sc1ccccc1N.CNCc1cc(OCCCF)ccc1Sc1ccccc1N.Nc1ccccc1S. The number of rotatable bonds is 30. The zero-order chi connectivity index (χ0) is 95.3. The highest BCUT2D eigenvalue weighted by Gasteiger charge is 2.20. The van der Waals surface area contributed by atoms with Gasteiger partial charge < -0.3 is 95.1 Å². The number of phenolic OH excluding ortho intramolecular Hbond substituents is 1. The van der Waals surface area contributed by atoms with Gasteiger partial charge in [0.2, 0.25) is 0 Å². The number of nitrogen functional groups attached to an aromatic ring is 6. The molecular formula is C97H112BrF3N12O11S6. The number of thiol groups is 1. The first-order valence-corrected chi connectivity index (χ1v) is 45.7. The maximum Gasteiger partial charge on any atom is 0.252 e. The number of methoxy groups -OCH3 is 3. The fraction of sp³-hybridized carbons (Fsp3) is 0.206. The van der Waals surface area contributed by atoms with E-state index in [1.165, 1.54) is 53.1 Å². The smallest absolute Gasteiger partial charge is 0.252 e. The number of hydrogen-bond acceptors (Lipinski definition) is 24. The van der Waals surface area contributed by atoms with E-state index in [2.05, 4.69) is 60.5 Å². The van der Waals surface area contributed by atoms with Gasteiger partial charge in [0.1, 0.15) is 34.5 Å². The quantitative estimate of drug-likeness (QED) is 0.0113. The Labute approximate surface area is 794 Å². The standard InChI is InChI=1S/C17H19FN2O2S.C17H21FN2OS.2C15H16N2O2S.C14H14N2O2S.C9H10BrNO2.C6H7NS.C4H9F/c1-20-17(21)13-11-12(22-10-4-9-18)7-8-15(13)23-16-6-3-2-5-14(16)19;1-20-12-13-11-14(21-10-4-9-18)7-8-16(13)22-17-6-3-2-5-15(17)19;2*1-17-15(18)11-9-10(19-2)7-8-13(11)20-14-6-4-3-5-12(14)16;1-16-14(18)10-8-9(17)6-7-12(10)19-13-5-3-2-4-11(13)15;1-11-9(12)7-5-6(13-2)3-4-8(7)10;7-5-3-1-2-4-6(5)8;1-2-3-4-5/h2-3,5-8,11H,4,9-10,19H2,1H3,(H,20,21);2-3,5-8,11,20H,4,9-10,12,19H2,1H3;2*3-9H,16H2,1-2H3,(H,17,18);2-8,17H,15H2,1H3,(H,16,18);3-5H,1-2H3,(H,11,12);1-4,8H,7H2;2-4H2,1H3. The molecule has 0 heterocycles. The van der Waals surface area contributed by atoms with Crippen molar-refractivity contribution in [3.8, 4) is 34.5 Å². The van der Waals surface area contributed by atoms with Gasteiger partial charge in [0.25, 0.3) is 29.5 Å². The highest BCUT2D eigenvalue weighted by molar-refractivity contribution is 9.10. The summed E-state index contributed by atoms with van der Waals surface area (Å²) in [4.78, 5) is 68.9. The number of alkyl halides is 3. The number of unbranched alkanes of at least 4 members (excludes halogenated alkanes) is 1. The van der Waals surface area contributed by atoms with Crippen molar-refractivity contribution < 1.29 is 65.9 Å². The molecule has 0 radical (unpaired) electrons. The second-order valence-corrected chi connectivity index (χ2v) is 33.4. The zero-order valence-corrected chi connectivity index (χ0v) is 80.4. The van der Waals surface area contributed by atoms with Crippen LogP contribution in [0.25, 0.3) is 0 Å². The summed E-state index contributed by atoms with van der Waals surface area (Å²) in [6.45, 7) is 2.44. The van der Waals surface area contributed by atoms with Crippen LogP contribution >= 0.6 is 87.4 Å². The molecule has 0 aromatic heterocycles. The van der Waals surface area contributed by atoms with E-state index in [4.69, 9.17) is 58.1 Å². The van der Waals surface area contributed by atoms with Crippen LogP contribution in [0.3, 0.4) is 0 Å². The van der Waals surface area contributed by atoms with Gasteiger partial charge in [-0.15, -0.1) is 12.6 Å². The predicted octanol–water partition coefficient (Wildman–Crippen LogP) is 20.6. The molecule has 23 nitrogen and oxygen atoms in total. The third-order valence-electron chi connectivity index (χ3n) is 17.4. The van der Waals surface area contributed by atoms with Crippen molar-refractivity contribution in [1.82, 2.24) is 31.9 Å². The molecule has 33 heteroatoms. The Kier molecular flexibility index (Phi) is 50.6. The Bertz CT molecular complexity index is 5430. The Balaban J connectivity index is 0.000000270. The molecule has 0 aliphatic heterocycles. The second kappa shape index (κ2) is 60.7. The van der Waals surface area contributed by atoms with Gasteiger partial charge in [0.15, 0.2) is 0 Å². The van der Waals surface area contributed by atoms with Gasteiger partial charge in [0, 0.05) is 147 Å². The first-order valence-electron chi connectivity index (χ1n) is 40.4. The summed E-state index contributed by atoms with van der Waals surface area (Å²) in [6, 6.07) is 77.3. The monoisotopic (exact) mass is 1950 g/mol. The largest absolute Gasteiger partial charge is 0.508 e. The number of nitrogens with one attached hydrogen (secondary N) is 6. The van der Waals surface area contributed by atoms with Crippen LogP contribution in [0.1, 0.15) is 90.0 Å². The minimum atomic E-state index is -0.427. The van der Waals surface area contributed by atoms with E-state index in [1.807, 2.05) is 208 Å². The number of phenols is 1. The van der Waals surface area contributed by atoms with E-state index in [1.54, 1.807) is 123 Å². The maximum absolute atomic E-state index is 12.1. The Morgan fingerprint density at radius 1 is 0.346 bits per heavy atom. The third kappa shape index (κ3) is 37.2. The first-order chi connectivity index (χ1) is 62.7. The van der Waals surface area contributed by atoms with Crippen molar-refractivity contribution >= 4 is 151 Å². The van der Waals surface area contributed by atoms with Gasteiger partial charge in [-0.25, -0.2) is 0 Å². The van der Waals surface area contributed by atoms with Gasteiger partial charge in [0.05, 0.1) is 82.4 Å². The summed E-state index contributed by atoms with van der Waals surface area (Å²) in [6.07, 6.45) is 2.43. The fourth-order valence-electron chi connectivity index (χ4n) is 10.6. The van der Waals surface area contributed by atoms with Gasteiger partial charge in [-0.2, -0.15) is 0 Å². The molecule has 0 aliphatic carbocycles. The predicted molar refractivity (Wildman–Crippen MR) is 533 cm³/mol. The molecule has 0 spiro atoms. The lowest BCUT2D eigenvalue weighted by atomic mass is 10.2. The third-order valence-corrected chi connectivity index (χ3v) is 24.4. The lowest BCUT2D eigenvalue weighted by Crippen LogP contribution is -2.18. The Morgan fingerprint density at radius 3 is 0.923 bits per heavy atom. The van der Waals surface area contributed by atoms with E-state index in [9.17, 15) is 42.3 Å². The molecule has 12 aromatic carbocycles. The summed E-state index contributed by atoms with van der Waals surface area (Å²) in [5, 5.41) is 25.6. The number of carbonyl (C=O) groups excluding carboxylic acids is 5. The number of para-hydroxylation sites is 6. The topological polar surface area (TPSA) is 380 Å².